The molecule has 0 aliphatic rings. The summed E-state index contributed by atoms with van der Waals surface area (Å²) in [5.74, 6) is -7.63. The van der Waals surface area contributed by atoms with Crippen molar-refractivity contribution in [2.45, 2.75) is 63.7 Å². The molecule has 0 radical (unpaired) electrons. The summed E-state index contributed by atoms with van der Waals surface area (Å²) in [5.41, 5.74) is 6.43. The summed E-state index contributed by atoms with van der Waals surface area (Å²) in [4.78, 5) is 71.9. The van der Waals surface area contributed by atoms with Crippen molar-refractivity contribution in [1.82, 2.24) is 16.0 Å². The van der Waals surface area contributed by atoms with Crippen LogP contribution in [0.15, 0.2) is 24.3 Å². The Morgan fingerprint density at radius 1 is 0.757 bits per heavy atom. The molecular formula is C23H32N4O10. The van der Waals surface area contributed by atoms with Gasteiger partial charge < -0.3 is 42.1 Å². The molecule has 9 N–H and O–H groups in total. The van der Waals surface area contributed by atoms with Crippen LogP contribution in [0.25, 0.3) is 0 Å². The van der Waals surface area contributed by atoms with Gasteiger partial charge in [0.25, 0.3) is 0 Å². The lowest BCUT2D eigenvalue weighted by molar-refractivity contribution is -0.145. The molecule has 0 spiro atoms. The molecule has 0 fully saturated rings. The number of hydrogen-bond acceptors (Lipinski definition) is 8. The molecule has 14 nitrogen and oxygen atoms in total. The molecule has 204 valence electrons. The summed E-state index contributed by atoms with van der Waals surface area (Å²) >= 11 is 0. The first-order valence-corrected chi connectivity index (χ1v) is 11.3. The van der Waals surface area contributed by atoms with Crippen LogP contribution in [0.5, 0.6) is 5.75 Å². The maximum Gasteiger partial charge on any atom is 0.326 e. The lowest BCUT2D eigenvalue weighted by atomic mass is 10.0. The lowest BCUT2D eigenvalue weighted by Crippen LogP contribution is -2.58. The van der Waals surface area contributed by atoms with E-state index in [0.717, 1.165) is 0 Å². The third kappa shape index (κ3) is 11.4. The largest absolute Gasteiger partial charge is 0.508 e. The van der Waals surface area contributed by atoms with Crippen molar-refractivity contribution in [3.05, 3.63) is 29.8 Å². The molecule has 0 aliphatic heterocycles. The number of hydrogen-bond donors (Lipinski definition) is 8. The zero-order chi connectivity index (χ0) is 28.3. The van der Waals surface area contributed by atoms with E-state index < -0.39 is 72.6 Å². The summed E-state index contributed by atoms with van der Waals surface area (Å²) in [6, 6.07) is -0.240. The van der Waals surface area contributed by atoms with E-state index in [1.54, 1.807) is 13.8 Å². The van der Waals surface area contributed by atoms with E-state index in [4.69, 9.17) is 10.8 Å². The first-order valence-electron chi connectivity index (χ1n) is 11.3. The molecule has 0 saturated carbocycles. The number of nitrogens with one attached hydrogen (secondary N) is 3. The van der Waals surface area contributed by atoms with Gasteiger partial charge in [0.2, 0.25) is 17.7 Å². The van der Waals surface area contributed by atoms with Gasteiger partial charge in [-0.1, -0.05) is 26.0 Å². The second-order valence-electron chi connectivity index (χ2n) is 8.82. The van der Waals surface area contributed by atoms with Crippen molar-refractivity contribution < 1.29 is 49.2 Å². The fraction of sp³-hybridized carbons (Fsp3) is 0.478. The van der Waals surface area contributed by atoms with Gasteiger partial charge in [0, 0.05) is 0 Å². The Morgan fingerprint density at radius 2 is 1.19 bits per heavy atom. The van der Waals surface area contributed by atoms with Crippen LogP contribution in [0.4, 0.5) is 0 Å². The first-order chi connectivity index (χ1) is 17.2. The van der Waals surface area contributed by atoms with E-state index in [1.165, 1.54) is 24.3 Å². The minimum Gasteiger partial charge on any atom is -0.508 e. The summed E-state index contributed by atoms with van der Waals surface area (Å²) in [5, 5.41) is 43.4. The number of rotatable bonds is 15. The fourth-order valence-corrected chi connectivity index (χ4v) is 3.26. The number of phenols is 1. The van der Waals surface area contributed by atoms with E-state index in [1.807, 2.05) is 0 Å². The van der Waals surface area contributed by atoms with Gasteiger partial charge in [-0.15, -0.1) is 0 Å². The molecule has 0 aromatic heterocycles. The molecule has 1 aromatic carbocycles. The normalized spacial score (nSPS) is 14.1. The minimum absolute atomic E-state index is 0.00111. The van der Waals surface area contributed by atoms with Crippen LogP contribution >= 0.6 is 0 Å². The quantitative estimate of drug-likeness (QED) is 0.135. The molecule has 1 rings (SSSR count). The zero-order valence-electron chi connectivity index (χ0n) is 20.3. The molecule has 14 heteroatoms. The number of benzene rings is 1. The topological polar surface area (TPSA) is 245 Å². The molecule has 0 bridgehead atoms. The number of carbonyl (C=O) groups excluding carboxylic acids is 3. The second-order valence-corrected chi connectivity index (χ2v) is 8.82. The van der Waals surface area contributed by atoms with E-state index in [2.05, 4.69) is 16.0 Å². The van der Waals surface area contributed by atoms with Crippen LogP contribution in [0.2, 0.25) is 0 Å². The number of carboxylic acid groups (broad SMARTS) is 3. The molecule has 3 amide bonds. The molecule has 1 aromatic rings. The maximum absolute atomic E-state index is 12.8. The van der Waals surface area contributed by atoms with Gasteiger partial charge in [-0.25, -0.2) is 4.79 Å². The van der Waals surface area contributed by atoms with Crippen molar-refractivity contribution >= 4 is 35.6 Å². The number of carboxylic acids is 3. The number of phenolic OH excluding ortho intramolecular Hbond substituents is 1. The molecular weight excluding hydrogens is 492 g/mol. The standard InChI is InChI=1S/C23H32N4O10/c1-11(2)7-17(23(36)37)27-22(35)16(10-19(31)32)26-21(34)15(9-18(29)30)25-20(33)14(24)8-12-3-5-13(28)6-4-12/h3-6,11,14-17,28H,7-10,24H2,1-2H3,(H,25,33)(H,26,34)(H,27,35)(H,29,30)(H,31,32)(H,36,37). The third-order valence-corrected chi connectivity index (χ3v) is 5.07. The van der Waals surface area contributed by atoms with Gasteiger partial charge in [0.15, 0.2) is 0 Å². The summed E-state index contributed by atoms with van der Waals surface area (Å²) < 4.78 is 0. The van der Waals surface area contributed by atoms with Crippen molar-refractivity contribution in [1.29, 1.82) is 0 Å². The Hall–Kier alpha value is -4.20. The maximum atomic E-state index is 12.8. The molecule has 4 atom stereocenters. The summed E-state index contributed by atoms with van der Waals surface area (Å²) in [6.45, 7) is 3.42. The first kappa shape index (κ1) is 30.8. The molecule has 0 saturated heterocycles. The van der Waals surface area contributed by atoms with Gasteiger partial charge in [0.05, 0.1) is 18.9 Å². The van der Waals surface area contributed by atoms with Gasteiger partial charge in [-0.05, 0) is 36.5 Å². The minimum atomic E-state index is -1.75. The van der Waals surface area contributed by atoms with Crippen LogP contribution < -0.4 is 21.7 Å². The fourth-order valence-electron chi connectivity index (χ4n) is 3.26. The Morgan fingerprint density at radius 3 is 1.59 bits per heavy atom. The van der Waals surface area contributed by atoms with E-state index in [9.17, 15) is 44.1 Å². The van der Waals surface area contributed by atoms with Crippen molar-refractivity contribution in [2.75, 3.05) is 0 Å². The molecule has 0 aliphatic carbocycles. The highest BCUT2D eigenvalue weighted by atomic mass is 16.4. The van der Waals surface area contributed by atoms with Crippen LogP contribution in [0.1, 0.15) is 38.7 Å². The average Bonchev–Trinajstić information content (AvgIpc) is 2.78. The molecule has 37 heavy (non-hydrogen) atoms. The summed E-state index contributed by atoms with van der Waals surface area (Å²) in [7, 11) is 0. The zero-order valence-corrected chi connectivity index (χ0v) is 20.3. The highest BCUT2D eigenvalue weighted by molar-refractivity contribution is 5.96. The Kier molecular flexibility index (Phi) is 12.0. The van der Waals surface area contributed by atoms with Gasteiger partial charge in [0.1, 0.15) is 23.9 Å². The lowest BCUT2D eigenvalue weighted by Gasteiger charge is -2.24. The van der Waals surface area contributed by atoms with Gasteiger partial charge in [-0.2, -0.15) is 0 Å². The highest BCUT2D eigenvalue weighted by Gasteiger charge is 2.32. The van der Waals surface area contributed by atoms with E-state index in [-0.39, 0.29) is 24.5 Å². The van der Waals surface area contributed by atoms with Crippen LogP contribution in [0.3, 0.4) is 0 Å². The van der Waals surface area contributed by atoms with Crippen molar-refractivity contribution in [3.8, 4) is 5.75 Å². The van der Waals surface area contributed by atoms with Crippen molar-refractivity contribution in [3.63, 3.8) is 0 Å². The average molecular weight is 525 g/mol. The number of nitrogens with two attached hydrogens (primary N) is 1. The smallest absolute Gasteiger partial charge is 0.326 e. The predicted molar refractivity (Wildman–Crippen MR) is 127 cm³/mol. The highest BCUT2D eigenvalue weighted by Crippen LogP contribution is 2.11. The SMILES string of the molecule is CC(C)CC(NC(=O)C(CC(=O)O)NC(=O)C(CC(=O)O)NC(=O)C(N)Cc1ccc(O)cc1)C(=O)O. The number of aromatic hydroxyl groups is 1. The molecule has 4 unspecified atom stereocenters. The third-order valence-electron chi connectivity index (χ3n) is 5.07. The Labute approximate surface area is 212 Å². The van der Waals surface area contributed by atoms with Crippen molar-refractivity contribution in [2.24, 2.45) is 11.7 Å². The predicted octanol–water partition coefficient (Wildman–Crippen LogP) is -1.20. The number of carbonyl (C=O) groups is 6. The van der Waals surface area contributed by atoms with Gasteiger partial charge in [-0.3, -0.25) is 24.0 Å². The van der Waals surface area contributed by atoms with Crippen LogP contribution in [-0.4, -0.2) is 80.2 Å². The van der Waals surface area contributed by atoms with Crippen LogP contribution in [0, 0.1) is 5.92 Å². The van der Waals surface area contributed by atoms with Gasteiger partial charge >= 0.3 is 17.9 Å². The number of amides is 3. The van der Waals surface area contributed by atoms with E-state index in [0.29, 0.717) is 5.56 Å². The summed E-state index contributed by atoms with van der Waals surface area (Å²) in [6.07, 6.45) is -1.81. The Bertz CT molecular complexity index is 996. The van der Waals surface area contributed by atoms with E-state index >= 15 is 0 Å². The number of aliphatic carboxylic acids is 3. The molecule has 0 heterocycles. The van der Waals surface area contributed by atoms with Crippen LogP contribution in [-0.2, 0) is 35.2 Å². The Balaban J connectivity index is 2.98. The second kappa shape index (κ2) is 14.4. The monoisotopic (exact) mass is 524 g/mol.